The maximum Gasteiger partial charge on any atom is 0.261 e. The Hall–Kier alpha value is -3.85. The van der Waals surface area contributed by atoms with Crippen molar-refractivity contribution in [3.8, 4) is 5.75 Å². The molecule has 1 unspecified atom stereocenters. The third kappa shape index (κ3) is 6.16. The van der Waals surface area contributed by atoms with Gasteiger partial charge in [-0.05, 0) is 61.6 Å². The van der Waals surface area contributed by atoms with E-state index in [0.29, 0.717) is 24.8 Å². The molecule has 2 N–H and O–H groups in total. The van der Waals surface area contributed by atoms with E-state index in [2.05, 4.69) is 17.0 Å². The van der Waals surface area contributed by atoms with Crippen LogP contribution in [0.3, 0.4) is 0 Å². The van der Waals surface area contributed by atoms with Crippen LogP contribution >= 0.6 is 0 Å². The molecule has 9 heteroatoms. The number of methoxy groups -OCH3 is 1. The topological polar surface area (TPSA) is 105 Å². The molecule has 3 aromatic carbocycles. The van der Waals surface area contributed by atoms with Crippen LogP contribution in [0.2, 0.25) is 0 Å². The third-order valence-corrected chi connectivity index (χ3v) is 8.21. The number of nitrogens with zero attached hydrogens (tertiary/aromatic N) is 1. The second-order valence-corrected chi connectivity index (χ2v) is 11.3. The van der Waals surface area contributed by atoms with Crippen molar-refractivity contribution in [1.82, 2.24) is 10.2 Å². The molecule has 0 aromatic heterocycles. The number of carbonyl (C=O) groups is 2. The number of nitrogens with one attached hydrogen (secondary N) is 2. The van der Waals surface area contributed by atoms with E-state index in [1.165, 1.54) is 31.4 Å². The predicted molar refractivity (Wildman–Crippen MR) is 147 cm³/mol. The van der Waals surface area contributed by atoms with Crippen LogP contribution < -0.4 is 14.8 Å². The number of hydrogen-bond acceptors (Lipinski definition) is 5. The molecule has 0 bridgehead atoms. The number of sulfonamides is 1. The number of para-hydroxylation sites is 1. The maximum absolute atomic E-state index is 13.4. The van der Waals surface area contributed by atoms with Gasteiger partial charge >= 0.3 is 0 Å². The summed E-state index contributed by atoms with van der Waals surface area (Å²) in [7, 11) is -2.68. The molecule has 1 fully saturated rings. The SMILES string of the molecule is COc1ccc(S(=O)(=O)Nc2ccccc2C(=O)NC(C)c2ccccc2)cc1C(=O)N1CCC(C)CC1. The molecule has 200 valence electrons. The van der Waals surface area contributed by atoms with Crippen molar-refractivity contribution in [3.05, 3.63) is 89.5 Å². The lowest BCUT2D eigenvalue weighted by Crippen LogP contribution is -2.38. The quantitative estimate of drug-likeness (QED) is 0.429. The van der Waals surface area contributed by atoms with Gasteiger partial charge in [-0.15, -0.1) is 0 Å². The van der Waals surface area contributed by atoms with E-state index in [1.807, 2.05) is 37.3 Å². The minimum atomic E-state index is -4.13. The first-order chi connectivity index (χ1) is 18.2. The normalized spacial score (nSPS) is 15.0. The molecule has 0 radical (unpaired) electrons. The molecule has 1 heterocycles. The molecule has 1 atom stereocenters. The summed E-state index contributed by atoms with van der Waals surface area (Å²) in [5.41, 5.74) is 1.44. The Morgan fingerprint density at radius 3 is 2.29 bits per heavy atom. The van der Waals surface area contributed by atoms with Crippen molar-refractivity contribution in [2.45, 2.75) is 37.6 Å². The minimum absolute atomic E-state index is 0.0973. The predicted octanol–water partition coefficient (Wildman–Crippen LogP) is 4.86. The van der Waals surface area contributed by atoms with Gasteiger partial charge in [-0.25, -0.2) is 8.42 Å². The number of ether oxygens (including phenoxy) is 1. The summed E-state index contributed by atoms with van der Waals surface area (Å²) in [6.07, 6.45) is 1.80. The van der Waals surface area contributed by atoms with E-state index < -0.39 is 15.9 Å². The van der Waals surface area contributed by atoms with Gasteiger partial charge in [-0.1, -0.05) is 49.4 Å². The Bertz CT molecular complexity index is 1400. The van der Waals surface area contributed by atoms with Crippen molar-refractivity contribution in [3.63, 3.8) is 0 Å². The number of hydrogen-bond donors (Lipinski definition) is 2. The Kier molecular flexibility index (Phi) is 8.36. The van der Waals surface area contributed by atoms with Crippen molar-refractivity contribution in [1.29, 1.82) is 0 Å². The molecule has 38 heavy (non-hydrogen) atoms. The van der Waals surface area contributed by atoms with E-state index in [-0.39, 0.29) is 33.7 Å². The molecular formula is C29H33N3O5S. The monoisotopic (exact) mass is 535 g/mol. The Morgan fingerprint density at radius 2 is 1.61 bits per heavy atom. The zero-order chi connectivity index (χ0) is 27.3. The number of benzene rings is 3. The van der Waals surface area contributed by atoms with Gasteiger partial charge in [0.2, 0.25) is 0 Å². The van der Waals surface area contributed by atoms with Crippen LogP contribution in [-0.2, 0) is 10.0 Å². The summed E-state index contributed by atoms with van der Waals surface area (Å²) in [6.45, 7) is 5.24. The van der Waals surface area contributed by atoms with Crippen LogP contribution in [0.15, 0.2) is 77.7 Å². The zero-order valence-electron chi connectivity index (χ0n) is 21.8. The first-order valence-electron chi connectivity index (χ1n) is 12.6. The fourth-order valence-corrected chi connectivity index (χ4v) is 5.58. The van der Waals surface area contributed by atoms with Gasteiger partial charge in [-0.3, -0.25) is 14.3 Å². The van der Waals surface area contributed by atoms with E-state index in [1.54, 1.807) is 23.1 Å². The molecule has 1 aliphatic rings. The van der Waals surface area contributed by atoms with Crippen molar-refractivity contribution in [2.75, 3.05) is 24.9 Å². The lowest BCUT2D eigenvalue weighted by Gasteiger charge is -2.30. The first-order valence-corrected chi connectivity index (χ1v) is 14.1. The molecule has 0 saturated carbocycles. The average molecular weight is 536 g/mol. The molecule has 2 amide bonds. The number of likely N-dealkylation sites (tertiary alicyclic amines) is 1. The van der Waals surface area contributed by atoms with E-state index in [9.17, 15) is 18.0 Å². The average Bonchev–Trinajstić information content (AvgIpc) is 2.93. The Balaban J connectivity index is 1.57. The third-order valence-electron chi connectivity index (χ3n) is 6.85. The molecule has 0 aliphatic carbocycles. The highest BCUT2D eigenvalue weighted by Gasteiger charge is 2.27. The van der Waals surface area contributed by atoms with Crippen LogP contribution in [0.1, 0.15) is 59.0 Å². The lowest BCUT2D eigenvalue weighted by molar-refractivity contribution is 0.0693. The summed E-state index contributed by atoms with van der Waals surface area (Å²) in [4.78, 5) is 28.0. The highest BCUT2D eigenvalue weighted by atomic mass is 32.2. The largest absolute Gasteiger partial charge is 0.496 e. The number of carbonyl (C=O) groups excluding carboxylic acids is 2. The van der Waals surface area contributed by atoms with Gasteiger partial charge in [0.1, 0.15) is 5.75 Å². The molecule has 8 nitrogen and oxygen atoms in total. The standard InChI is InChI=1S/C29H33N3O5S/c1-20-15-17-32(18-16-20)29(34)25-19-23(13-14-27(25)37-3)38(35,36)31-26-12-8-7-11-24(26)28(33)30-21(2)22-9-5-4-6-10-22/h4-14,19-21,31H,15-18H2,1-3H3,(H,30,33). The van der Waals surface area contributed by atoms with Crippen LogP contribution in [0, 0.1) is 5.92 Å². The summed E-state index contributed by atoms with van der Waals surface area (Å²) in [5.74, 6) is 0.178. The molecule has 1 aliphatic heterocycles. The van der Waals surface area contributed by atoms with Crippen molar-refractivity contribution in [2.24, 2.45) is 5.92 Å². The number of piperidine rings is 1. The maximum atomic E-state index is 13.4. The van der Waals surface area contributed by atoms with Gasteiger partial charge in [-0.2, -0.15) is 0 Å². The van der Waals surface area contributed by atoms with Gasteiger partial charge in [0.25, 0.3) is 21.8 Å². The number of amides is 2. The minimum Gasteiger partial charge on any atom is -0.496 e. The summed E-state index contributed by atoms with van der Waals surface area (Å²) in [5, 5.41) is 2.92. The Labute approximate surface area is 224 Å². The Morgan fingerprint density at radius 1 is 0.947 bits per heavy atom. The molecule has 4 rings (SSSR count). The van der Waals surface area contributed by atoms with Crippen molar-refractivity contribution >= 4 is 27.5 Å². The van der Waals surface area contributed by atoms with Crippen LogP contribution in [-0.4, -0.2) is 45.3 Å². The summed E-state index contributed by atoms with van der Waals surface area (Å²) >= 11 is 0. The van der Waals surface area contributed by atoms with E-state index >= 15 is 0 Å². The fourth-order valence-electron chi connectivity index (χ4n) is 4.48. The number of anilines is 1. The highest BCUT2D eigenvalue weighted by Crippen LogP contribution is 2.28. The van der Waals surface area contributed by atoms with Crippen LogP contribution in [0.4, 0.5) is 5.69 Å². The zero-order valence-corrected chi connectivity index (χ0v) is 22.6. The van der Waals surface area contributed by atoms with Gasteiger partial charge in [0.15, 0.2) is 0 Å². The smallest absolute Gasteiger partial charge is 0.261 e. The highest BCUT2D eigenvalue weighted by molar-refractivity contribution is 7.92. The second kappa shape index (κ2) is 11.7. The van der Waals surface area contributed by atoms with Crippen LogP contribution in [0.5, 0.6) is 5.75 Å². The second-order valence-electron chi connectivity index (χ2n) is 9.59. The van der Waals surface area contributed by atoms with E-state index in [0.717, 1.165) is 18.4 Å². The van der Waals surface area contributed by atoms with Crippen LogP contribution in [0.25, 0.3) is 0 Å². The summed E-state index contributed by atoms with van der Waals surface area (Å²) < 4.78 is 34.7. The van der Waals surface area contributed by atoms with Gasteiger partial charge < -0.3 is 15.0 Å². The molecular weight excluding hydrogens is 502 g/mol. The molecule has 1 saturated heterocycles. The summed E-state index contributed by atoms with van der Waals surface area (Å²) in [6, 6.07) is 19.8. The lowest BCUT2D eigenvalue weighted by atomic mass is 9.98. The van der Waals surface area contributed by atoms with E-state index in [4.69, 9.17) is 4.74 Å². The molecule has 3 aromatic rings. The number of rotatable bonds is 8. The fraction of sp³-hybridized carbons (Fsp3) is 0.310. The van der Waals surface area contributed by atoms with Gasteiger partial charge in [0, 0.05) is 13.1 Å². The molecule has 0 spiro atoms. The van der Waals surface area contributed by atoms with Crippen molar-refractivity contribution < 1.29 is 22.7 Å². The first kappa shape index (κ1) is 27.2. The van der Waals surface area contributed by atoms with Gasteiger partial charge in [0.05, 0.1) is 34.9 Å².